The number of aromatic nitrogens is 2. The van der Waals surface area contributed by atoms with Crippen molar-refractivity contribution in [3.05, 3.63) is 143 Å². The maximum Gasteiger partial charge on any atom is 0.343 e. The third-order valence-corrected chi connectivity index (χ3v) is 6.49. The number of hydrogen-bond donors (Lipinski definition) is 2. The first-order chi connectivity index (χ1) is 20.4. The molecule has 8 heteroatoms. The molecule has 0 saturated carbocycles. The molecule has 1 heterocycles. The number of amides is 2. The summed E-state index contributed by atoms with van der Waals surface area (Å²) in [5.74, 6) is -0.810. The predicted molar refractivity (Wildman–Crippen MR) is 163 cm³/mol. The molecule has 0 radical (unpaired) electrons. The summed E-state index contributed by atoms with van der Waals surface area (Å²) in [4.78, 5) is 38.0. The van der Waals surface area contributed by atoms with E-state index < -0.39 is 5.97 Å². The first-order valence-corrected chi connectivity index (χ1v) is 13.3. The number of rotatable bonds is 8. The van der Waals surface area contributed by atoms with Gasteiger partial charge in [0.05, 0.1) is 28.3 Å². The van der Waals surface area contributed by atoms with Crippen molar-refractivity contribution >= 4 is 35.2 Å². The maximum atomic E-state index is 13.0. The van der Waals surface area contributed by atoms with Crippen molar-refractivity contribution in [2.24, 2.45) is 0 Å². The van der Waals surface area contributed by atoms with Gasteiger partial charge in [0.25, 0.3) is 5.91 Å². The van der Waals surface area contributed by atoms with Gasteiger partial charge in [-0.1, -0.05) is 54.6 Å². The number of para-hydroxylation sites is 2. The highest BCUT2D eigenvalue weighted by atomic mass is 16.5. The number of esters is 1. The molecular weight excluding hydrogens is 528 g/mol. The van der Waals surface area contributed by atoms with E-state index in [4.69, 9.17) is 4.74 Å². The molecule has 0 unspecified atom stereocenters. The van der Waals surface area contributed by atoms with E-state index >= 15 is 0 Å². The van der Waals surface area contributed by atoms with Crippen molar-refractivity contribution < 1.29 is 19.1 Å². The number of hydrogen-bond acceptors (Lipinski definition) is 5. The molecule has 208 valence electrons. The number of benzene rings is 4. The number of carbonyl (C=O) groups is 3. The smallest absolute Gasteiger partial charge is 0.343 e. The van der Waals surface area contributed by atoms with Gasteiger partial charge < -0.3 is 15.4 Å². The van der Waals surface area contributed by atoms with Crippen LogP contribution in [0.3, 0.4) is 0 Å². The van der Waals surface area contributed by atoms with Crippen LogP contribution in [-0.4, -0.2) is 27.6 Å². The van der Waals surface area contributed by atoms with E-state index in [1.165, 1.54) is 6.08 Å². The lowest BCUT2D eigenvalue weighted by Crippen LogP contribution is -2.14. The first-order valence-electron chi connectivity index (χ1n) is 13.3. The Bertz CT molecular complexity index is 1760. The summed E-state index contributed by atoms with van der Waals surface area (Å²) in [6, 6.07) is 31.9. The fraction of sp³-hybridized carbons (Fsp3) is 0.0588. The van der Waals surface area contributed by atoms with Gasteiger partial charge in [-0.2, -0.15) is 5.10 Å². The molecule has 0 atom stereocenters. The number of carbonyl (C=O) groups excluding carboxylic acids is 3. The predicted octanol–water partition coefficient (Wildman–Crippen LogP) is 6.61. The van der Waals surface area contributed by atoms with Crippen molar-refractivity contribution in [1.82, 2.24) is 9.78 Å². The zero-order valence-corrected chi connectivity index (χ0v) is 23.1. The van der Waals surface area contributed by atoms with Crippen LogP contribution in [0.15, 0.2) is 115 Å². The SMILES string of the molecule is Cc1nn(-c2ccccc2)c(C)c1NC(=O)c1ccc(NC(=O)/C=C/c2ccccc2OC(=O)c2ccccc2)cc1. The van der Waals surface area contributed by atoms with Crippen LogP contribution in [0.1, 0.15) is 37.7 Å². The average molecular weight is 557 g/mol. The molecule has 0 aliphatic rings. The standard InChI is InChI=1S/C34H28N4O4/c1-23-32(24(2)38(37-23)29-14-7-4-8-15-29)36-33(40)26-17-20-28(21-18-26)35-31(39)22-19-25-11-9-10-16-30(25)42-34(41)27-12-5-3-6-13-27/h3-22H,1-2H3,(H,35,39)(H,36,40)/b22-19+. The molecule has 5 aromatic rings. The van der Waals surface area contributed by atoms with E-state index in [1.54, 1.807) is 83.6 Å². The van der Waals surface area contributed by atoms with E-state index in [9.17, 15) is 14.4 Å². The monoisotopic (exact) mass is 556 g/mol. The second-order valence-electron chi connectivity index (χ2n) is 9.44. The Morgan fingerprint density at radius 2 is 1.38 bits per heavy atom. The summed E-state index contributed by atoms with van der Waals surface area (Å²) in [6.45, 7) is 3.75. The van der Waals surface area contributed by atoms with Crippen molar-refractivity contribution in [3.8, 4) is 11.4 Å². The molecule has 2 N–H and O–H groups in total. The molecule has 4 aromatic carbocycles. The van der Waals surface area contributed by atoms with Gasteiger partial charge in [-0.05, 0) is 74.5 Å². The lowest BCUT2D eigenvalue weighted by Gasteiger charge is -2.08. The molecule has 2 amide bonds. The zero-order chi connectivity index (χ0) is 29.5. The third-order valence-electron chi connectivity index (χ3n) is 6.49. The van der Waals surface area contributed by atoms with Gasteiger partial charge in [0, 0.05) is 22.9 Å². The molecule has 0 aliphatic heterocycles. The van der Waals surface area contributed by atoms with Gasteiger partial charge in [-0.15, -0.1) is 0 Å². The maximum absolute atomic E-state index is 13.0. The van der Waals surface area contributed by atoms with Crippen LogP contribution in [-0.2, 0) is 4.79 Å². The number of nitrogens with zero attached hydrogens (tertiary/aromatic N) is 2. The van der Waals surface area contributed by atoms with Crippen molar-refractivity contribution in [2.75, 3.05) is 10.6 Å². The third kappa shape index (κ3) is 6.51. The van der Waals surface area contributed by atoms with Crippen LogP contribution in [0.5, 0.6) is 5.75 Å². The molecule has 0 saturated heterocycles. The van der Waals surface area contributed by atoms with Crippen LogP contribution in [0.4, 0.5) is 11.4 Å². The molecule has 1 aromatic heterocycles. The Kier molecular flexibility index (Phi) is 8.34. The zero-order valence-electron chi connectivity index (χ0n) is 23.1. The lowest BCUT2D eigenvalue weighted by molar-refractivity contribution is -0.111. The van der Waals surface area contributed by atoms with E-state index in [0.29, 0.717) is 39.5 Å². The van der Waals surface area contributed by atoms with E-state index in [0.717, 1.165) is 11.4 Å². The van der Waals surface area contributed by atoms with E-state index in [1.807, 2.05) is 50.2 Å². The van der Waals surface area contributed by atoms with Crippen molar-refractivity contribution in [2.45, 2.75) is 13.8 Å². The lowest BCUT2D eigenvalue weighted by atomic mass is 10.1. The Balaban J connectivity index is 1.21. The average Bonchev–Trinajstić information content (AvgIpc) is 3.30. The fourth-order valence-electron chi connectivity index (χ4n) is 4.33. The molecule has 5 rings (SSSR count). The van der Waals surface area contributed by atoms with E-state index in [2.05, 4.69) is 15.7 Å². The molecular formula is C34H28N4O4. The molecule has 42 heavy (non-hydrogen) atoms. The summed E-state index contributed by atoms with van der Waals surface area (Å²) in [7, 11) is 0. The molecule has 0 fully saturated rings. The summed E-state index contributed by atoms with van der Waals surface area (Å²) in [5, 5.41) is 10.3. The normalized spacial score (nSPS) is 10.8. The molecule has 0 aliphatic carbocycles. The fourth-order valence-corrected chi connectivity index (χ4v) is 4.33. The first kappa shape index (κ1) is 27.8. The highest BCUT2D eigenvalue weighted by Crippen LogP contribution is 2.24. The van der Waals surface area contributed by atoms with Gasteiger partial charge in [0.1, 0.15) is 5.75 Å². The number of anilines is 2. The van der Waals surface area contributed by atoms with Crippen LogP contribution >= 0.6 is 0 Å². The van der Waals surface area contributed by atoms with Crippen LogP contribution in [0.25, 0.3) is 11.8 Å². The van der Waals surface area contributed by atoms with Gasteiger partial charge >= 0.3 is 5.97 Å². The second kappa shape index (κ2) is 12.6. The Hall–Kier alpha value is -5.76. The summed E-state index contributed by atoms with van der Waals surface area (Å²) >= 11 is 0. The molecule has 0 bridgehead atoms. The van der Waals surface area contributed by atoms with Crippen LogP contribution in [0, 0.1) is 13.8 Å². The largest absolute Gasteiger partial charge is 0.422 e. The van der Waals surface area contributed by atoms with Gasteiger partial charge in [0.2, 0.25) is 5.91 Å². The van der Waals surface area contributed by atoms with Gasteiger partial charge in [0.15, 0.2) is 0 Å². The quantitative estimate of drug-likeness (QED) is 0.127. The molecule has 8 nitrogen and oxygen atoms in total. The van der Waals surface area contributed by atoms with Crippen molar-refractivity contribution in [3.63, 3.8) is 0 Å². The van der Waals surface area contributed by atoms with Crippen LogP contribution in [0.2, 0.25) is 0 Å². The van der Waals surface area contributed by atoms with Gasteiger partial charge in [-0.3, -0.25) is 9.59 Å². The number of aryl methyl sites for hydroxylation is 1. The van der Waals surface area contributed by atoms with Crippen LogP contribution < -0.4 is 15.4 Å². The van der Waals surface area contributed by atoms with Crippen molar-refractivity contribution in [1.29, 1.82) is 0 Å². The number of ether oxygens (including phenoxy) is 1. The number of nitrogens with one attached hydrogen (secondary N) is 2. The Labute approximate surface area is 243 Å². The highest BCUT2D eigenvalue weighted by Gasteiger charge is 2.16. The highest BCUT2D eigenvalue weighted by molar-refractivity contribution is 6.06. The minimum atomic E-state index is -0.486. The Morgan fingerprint density at radius 3 is 2.10 bits per heavy atom. The van der Waals surface area contributed by atoms with Gasteiger partial charge in [-0.25, -0.2) is 9.48 Å². The Morgan fingerprint density at radius 1 is 0.738 bits per heavy atom. The minimum Gasteiger partial charge on any atom is -0.422 e. The topological polar surface area (TPSA) is 102 Å². The second-order valence-corrected chi connectivity index (χ2v) is 9.44. The summed E-state index contributed by atoms with van der Waals surface area (Å²) in [6.07, 6.45) is 2.93. The summed E-state index contributed by atoms with van der Waals surface area (Å²) < 4.78 is 7.33. The van der Waals surface area contributed by atoms with E-state index in [-0.39, 0.29) is 11.8 Å². The summed E-state index contributed by atoms with van der Waals surface area (Å²) in [5.41, 5.74) is 5.04. The minimum absolute atomic E-state index is 0.284. The molecule has 0 spiro atoms.